The van der Waals surface area contributed by atoms with E-state index in [0.717, 1.165) is 11.1 Å². The lowest BCUT2D eigenvalue weighted by Crippen LogP contribution is -2.35. The van der Waals surface area contributed by atoms with Gasteiger partial charge in [-0.25, -0.2) is 0 Å². The maximum atomic E-state index is 11.4. The number of allylic oxidation sites excluding steroid dienone is 1. The Kier molecular flexibility index (Phi) is 2.54. The van der Waals surface area contributed by atoms with Gasteiger partial charge >= 0.3 is 0 Å². The van der Waals surface area contributed by atoms with Gasteiger partial charge in [0.25, 0.3) is 5.91 Å². The molecule has 0 saturated heterocycles. The molecule has 4 unspecified atom stereocenters. The van der Waals surface area contributed by atoms with Crippen molar-refractivity contribution in [2.45, 2.75) is 30.6 Å². The summed E-state index contributed by atoms with van der Waals surface area (Å²) in [6, 6.07) is 0.484. The number of hydrogen-bond donors (Lipinski definition) is 1. The first-order valence-electron chi connectivity index (χ1n) is 5.79. The van der Waals surface area contributed by atoms with Crippen LogP contribution in [0.1, 0.15) is 19.3 Å². The van der Waals surface area contributed by atoms with Crippen molar-refractivity contribution in [1.82, 2.24) is 5.32 Å². The van der Waals surface area contributed by atoms with E-state index in [0.29, 0.717) is 18.4 Å². The number of thioether (sulfide) groups is 1. The van der Waals surface area contributed by atoms with Crippen molar-refractivity contribution in [2.75, 3.05) is 0 Å². The minimum absolute atomic E-state index is 0.0267. The van der Waals surface area contributed by atoms with Crippen LogP contribution in [0.4, 0.5) is 0 Å². The molecule has 1 amide bonds. The smallest absolute Gasteiger partial charge is 0.261 e. The van der Waals surface area contributed by atoms with Crippen molar-refractivity contribution >= 4 is 22.8 Å². The molecule has 1 saturated carbocycles. The third-order valence-electron chi connectivity index (χ3n) is 3.59. The summed E-state index contributed by atoms with van der Waals surface area (Å²) in [5, 5.41) is 4.17. The van der Waals surface area contributed by atoms with E-state index in [9.17, 15) is 4.79 Å². The van der Waals surface area contributed by atoms with Gasteiger partial charge in [-0.2, -0.15) is 4.99 Å². The van der Waals surface area contributed by atoms with Gasteiger partial charge in [0.1, 0.15) is 0 Å². The molecule has 4 atom stereocenters. The average molecular weight is 235 g/mol. The van der Waals surface area contributed by atoms with Gasteiger partial charge in [0.2, 0.25) is 0 Å². The molecule has 3 rings (SSSR count). The summed E-state index contributed by atoms with van der Waals surface area (Å²) in [7, 11) is 0. The Balaban J connectivity index is 1.62. The van der Waals surface area contributed by atoms with Crippen molar-refractivity contribution in [3.05, 3.63) is 19.1 Å². The number of amides is 1. The van der Waals surface area contributed by atoms with Crippen LogP contribution in [0.3, 0.4) is 0 Å². The fraction of sp³-hybridized carbons (Fsp3) is 0.583. The zero-order chi connectivity index (χ0) is 11.1. The van der Waals surface area contributed by atoms with Crippen molar-refractivity contribution in [2.24, 2.45) is 16.8 Å². The normalized spacial score (nSPS) is 40.6. The highest BCUT2D eigenvalue weighted by Gasteiger charge is 2.37. The maximum absolute atomic E-state index is 11.4. The quantitative estimate of drug-likeness (QED) is 0.742. The van der Waals surface area contributed by atoms with Crippen molar-refractivity contribution in [1.29, 1.82) is 0 Å². The predicted octanol–water partition coefficient (Wildman–Crippen LogP) is 1.76. The molecule has 0 aromatic carbocycles. The highest BCUT2D eigenvalue weighted by molar-refractivity contribution is 8.15. The molecule has 1 fully saturated rings. The van der Waals surface area contributed by atoms with Gasteiger partial charge in [0, 0.05) is 6.04 Å². The Labute approximate surface area is 99.8 Å². The van der Waals surface area contributed by atoms with Gasteiger partial charge in [0.05, 0.1) is 5.25 Å². The van der Waals surface area contributed by atoms with E-state index >= 15 is 0 Å². The van der Waals surface area contributed by atoms with E-state index in [-0.39, 0.29) is 11.2 Å². The number of nitrogens with one attached hydrogen (secondary N) is 1. The molecule has 1 aliphatic heterocycles. The first-order chi connectivity index (χ1) is 7.76. The second-order valence-corrected chi connectivity index (χ2v) is 5.87. The minimum Gasteiger partial charge on any atom is -0.361 e. The van der Waals surface area contributed by atoms with Crippen LogP contribution < -0.4 is 5.32 Å². The fourth-order valence-corrected chi connectivity index (χ4v) is 3.64. The molecule has 1 radical (unpaired) electrons. The Morgan fingerprint density at radius 3 is 2.94 bits per heavy atom. The summed E-state index contributed by atoms with van der Waals surface area (Å²) >= 11 is 1.54. The number of amidine groups is 1. The van der Waals surface area contributed by atoms with Gasteiger partial charge in [0.15, 0.2) is 5.17 Å². The summed E-state index contributed by atoms with van der Waals surface area (Å²) in [5.74, 6) is 1.36. The molecule has 2 bridgehead atoms. The van der Waals surface area contributed by atoms with E-state index in [1.165, 1.54) is 24.6 Å². The van der Waals surface area contributed by atoms with E-state index in [2.05, 4.69) is 29.4 Å². The second-order valence-electron chi connectivity index (χ2n) is 4.68. The molecule has 0 aromatic rings. The molecule has 16 heavy (non-hydrogen) atoms. The second kappa shape index (κ2) is 3.91. The summed E-state index contributed by atoms with van der Waals surface area (Å²) in [4.78, 5) is 15.5. The Morgan fingerprint density at radius 1 is 1.50 bits per heavy atom. The van der Waals surface area contributed by atoms with Crippen LogP contribution in [0.2, 0.25) is 0 Å². The Morgan fingerprint density at radius 2 is 2.38 bits per heavy atom. The highest BCUT2D eigenvalue weighted by Crippen LogP contribution is 2.39. The van der Waals surface area contributed by atoms with Gasteiger partial charge in [-0.15, -0.1) is 0 Å². The first kappa shape index (κ1) is 10.4. The maximum Gasteiger partial charge on any atom is 0.261 e. The number of fused-ring (bicyclic) bond motifs is 2. The summed E-state index contributed by atoms with van der Waals surface area (Å²) in [6.45, 7) is 3.77. The van der Waals surface area contributed by atoms with Crippen molar-refractivity contribution in [3.63, 3.8) is 0 Å². The van der Waals surface area contributed by atoms with Crippen molar-refractivity contribution in [3.8, 4) is 0 Å². The van der Waals surface area contributed by atoms with Crippen LogP contribution in [-0.2, 0) is 4.79 Å². The van der Waals surface area contributed by atoms with E-state index in [1.807, 2.05) is 0 Å². The molecule has 0 spiro atoms. The molecule has 3 aliphatic rings. The van der Waals surface area contributed by atoms with Crippen LogP contribution >= 0.6 is 11.8 Å². The molecular formula is C12H15N2OS. The lowest BCUT2D eigenvalue weighted by molar-refractivity contribution is -0.117. The van der Waals surface area contributed by atoms with Gasteiger partial charge in [-0.1, -0.05) is 30.8 Å². The number of aliphatic imine (C=N–C) groups is 1. The third kappa shape index (κ3) is 1.69. The SMILES string of the molecule is [CH2]CC1SC(NC2CC3C=CC2C3)=NC1=O. The van der Waals surface area contributed by atoms with Crippen LogP contribution in [0.5, 0.6) is 0 Å². The highest BCUT2D eigenvalue weighted by atomic mass is 32.2. The largest absolute Gasteiger partial charge is 0.361 e. The number of hydrogen-bond acceptors (Lipinski definition) is 3. The van der Waals surface area contributed by atoms with E-state index in [4.69, 9.17) is 0 Å². The molecule has 1 N–H and O–H groups in total. The van der Waals surface area contributed by atoms with E-state index in [1.54, 1.807) is 0 Å². The lowest BCUT2D eigenvalue weighted by Gasteiger charge is -2.20. The molecule has 85 valence electrons. The molecule has 2 aliphatic carbocycles. The first-order valence-corrected chi connectivity index (χ1v) is 6.67. The number of carbonyl (C=O) groups excluding carboxylic acids is 1. The van der Waals surface area contributed by atoms with Gasteiger partial charge < -0.3 is 5.32 Å². The number of carbonyl (C=O) groups is 1. The predicted molar refractivity (Wildman–Crippen MR) is 66.1 cm³/mol. The molecule has 0 aromatic heterocycles. The number of nitrogens with zero attached hydrogens (tertiary/aromatic N) is 1. The van der Waals surface area contributed by atoms with Crippen LogP contribution in [-0.4, -0.2) is 22.4 Å². The third-order valence-corrected chi connectivity index (χ3v) is 4.75. The fourth-order valence-electron chi connectivity index (χ4n) is 2.74. The zero-order valence-corrected chi connectivity index (χ0v) is 9.87. The van der Waals surface area contributed by atoms with Crippen LogP contribution in [0.25, 0.3) is 0 Å². The Bertz CT molecular complexity index is 377. The standard InChI is InChI=1S/C12H15N2OS/c1-2-10-11(15)14-12(16-10)13-9-6-7-3-4-8(9)5-7/h3-4,7-10H,1-2,5-6H2,(H,13,14,15). The van der Waals surface area contributed by atoms with Crippen molar-refractivity contribution < 1.29 is 4.79 Å². The summed E-state index contributed by atoms with van der Waals surface area (Å²) in [5.41, 5.74) is 0. The zero-order valence-electron chi connectivity index (χ0n) is 9.06. The monoisotopic (exact) mass is 235 g/mol. The molecule has 1 heterocycles. The topological polar surface area (TPSA) is 41.5 Å². The lowest BCUT2D eigenvalue weighted by atomic mass is 10.0. The summed E-state index contributed by atoms with van der Waals surface area (Å²) < 4.78 is 0. The van der Waals surface area contributed by atoms with E-state index < -0.39 is 0 Å². The summed E-state index contributed by atoms with van der Waals surface area (Å²) in [6.07, 6.45) is 7.68. The number of rotatable bonds is 2. The van der Waals surface area contributed by atoms with Crippen LogP contribution in [0, 0.1) is 18.8 Å². The van der Waals surface area contributed by atoms with Gasteiger partial charge in [-0.05, 0) is 31.1 Å². The van der Waals surface area contributed by atoms with Gasteiger partial charge in [-0.3, -0.25) is 4.79 Å². The molecular weight excluding hydrogens is 220 g/mol. The average Bonchev–Trinajstić information content (AvgIpc) is 2.93. The Hall–Kier alpha value is -0.770. The minimum atomic E-state index is -0.0587. The molecule has 4 heteroatoms. The van der Waals surface area contributed by atoms with Crippen LogP contribution in [0.15, 0.2) is 17.1 Å². The molecule has 3 nitrogen and oxygen atoms in total.